The molecule has 0 aliphatic rings. The summed E-state index contributed by atoms with van der Waals surface area (Å²) in [4.78, 5) is 23.2. The van der Waals surface area contributed by atoms with E-state index in [1.54, 1.807) is 12.1 Å². The Kier molecular flexibility index (Phi) is 7.08. The maximum absolute atomic E-state index is 12.1. The lowest BCUT2D eigenvalue weighted by Gasteiger charge is -2.15. The molecule has 1 aromatic carbocycles. The van der Waals surface area contributed by atoms with Gasteiger partial charge >= 0.3 is 5.97 Å². The number of nitrogens with one attached hydrogen (secondary N) is 2. The van der Waals surface area contributed by atoms with Gasteiger partial charge in [-0.1, -0.05) is 25.4 Å². The van der Waals surface area contributed by atoms with Gasteiger partial charge in [0.2, 0.25) is 0 Å². The van der Waals surface area contributed by atoms with Crippen LogP contribution in [-0.2, 0) is 9.59 Å². The molecule has 0 bridgehead atoms. The molecule has 1 rings (SSSR count). The lowest BCUT2D eigenvalue weighted by atomic mass is 10.0. The molecule has 0 saturated carbocycles. The molecular formula is C16H19ClN4O3. The number of carboxylic acids is 1. The smallest absolute Gasteiger partial charge is 0.326 e. The first-order chi connectivity index (χ1) is 11.2. The first kappa shape index (κ1) is 19.3. The Hall–Kier alpha value is -2.72. The Bertz CT molecular complexity index is 695. The fraction of sp³-hybridized carbons (Fsp3) is 0.312. The topological polar surface area (TPSA) is 128 Å². The highest BCUT2D eigenvalue weighted by Gasteiger charge is 2.18. The number of hydrogen-bond donors (Lipinski definition) is 4. The van der Waals surface area contributed by atoms with E-state index < -0.39 is 17.9 Å². The fourth-order valence-electron chi connectivity index (χ4n) is 1.85. The second-order valence-electron chi connectivity index (χ2n) is 5.55. The van der Waals surface area contributed by atoms with Crippen molar-refractivity contribution in [3.05, 3.63) is 35.0 Å². The maximum Gasteiger partial charge on any atom is 0.326 e. The summed E-state index contributed by atoms with van der Waals surface area (Å²) in [5.41, 5.74) is 6.07. The van der Waals surface area contributed by atoms with Crippen molar-refractivity contribution in [2.45, 2.75) is 26.3 Å². The Morgan fingerprint density at radius 2 is 2.12 bits per heavy atom. The Balaban J connectivity index is 2.83. The lowest BCUT2D eigenvalue weighted by molar-refractivity contribution is -0.139. The molecule has 24 heavy (non-hydrogen) atoms. The van der Waals surface area contributed by atoms with Gasteiger partial charge in [-0.05, 0) is 30.5 Å². The van der Waals surface area contributed by atoms with Gasteiger partial charge in [-0.15, -0.1) is 0 Å². The number of nitrogens with two attached hydrogens (primary N) is 1. The van der Waals surface area contributed by atoms with Crippen LogP contribution >= 0.6 is 11.6 Å². The van der Waals surface area contributed by atoms with Gasteiger partial charge < -0.3 is 21.5 Å². The number of halogens is 1. The predicted octanol–water partition coefficient (Wildman–Crippen LogP) is 2.36. The van der Waals surface area contributed by atoms with Crippen molar-refractivity contribution < 1.29 is 14.7 Å². The van der Waals surface area contributed by atoms with Crippen LogP contribution in [0.4, 0.5) is 11.4 Å². The summed E-state index contributed by atoms with van der Waals surface area (Å²) in [6.45, 7) is 3.76. The highest BCUT2D eigenvalue weighted by atomic mass is 35.5. The number of anilines is 2. The molecule has 5 N–H and O–H groups in total. The third-order valence-corrected chi connectivity index (χ3v) is 3.38. The quantitative estimate of drug-likeness (QED) is 0.339. The summed E-state index contributed by atoms with van der Waals surface area (Å²) in [7, 11) is 0. The number of benzene rings is 1. The highest BCUT2D eigenvalue weighted by molar-refractivity contribution is 6.33. The van der Waals surface area contributed by atoms with Gasteiger partial charge in [0, 0.05) is 11.9 Å². The molecule has 0 aliphatic heterocycles. The molecule has 0 saturated heterocycles. The van der Waals surface area contributed by atoms with E-state index in [-0.39, 0.29) is 16.5 Å². The van der Waals surface area contributed by atoms with E-state index >= 15 is 0 Å². The third kappa shape index (κ3) is 5.82. The minimum absolute atomic E-state index is 0.142. The van der Waals surface area contributed by atoms with Gasteiger partial charge in [-0.3, -0.25) is 4.79 Å². The van der Waals surface area contributed by atoms with E-state index in [4.69, 9.17) is 27.7 Å². The van der Waals surface area contributed by atoms with Crippen molar-refractivity contribution in [3.63, 3.8) is 0 Å². The molecule has 0 spiro atoms. The van der Waals surface area contributed by atoms with E-state index in [0.717, 1.165) is 6.20 Å². The molecule has 1 aromatic rings. The first-order valence-corrected chi connectivity index (χ1v) is 7.58. The number of nitrogens with zero attached hydrogens (tertiary/aromatic N) is 1. The summed E-state index contributed by atoms with van der Waals surface area (Å²) in [5, 5.41) is 23.6. The molecule has 0 fully saturated rings. The number of nitrogen functional groups attached to an aromatic ring is 1. The van der Waals surface area contributed by atoms with Crippen LogP contribution in [0.3, 0.4) is 0 Å². The average Bonchev–Trinajstić information content (AvgIpc) is 2.49. The molecule has 8 heteroatoms. The number of aliphatic carboxylic acids is 1. The largest absolute Gasteiger partial charge is 0.480 e. The first-order valence-electron chi connectivity index (χ1n) is 7.20. The van der Waals surface area contributed by atoms with Gasteiger partial charge in [-0.2, -0.15) is 5.26 Å². The molecule has 0 aliphatic carbocycles. The Labute approximate surface area is 145 Å². The zero-order valence-electron chi connectivity index (χ0n) is 13.3. The van der Waals surface area contributed by atoms with Crippen LogP contribution in [-0.4, -0.2) is 23.0 Å². The van der Waals surface area contributed by atoms with Crippen LogP contribution < -0.4 is 16.4 Å². The Morgan fingerprint density at radius 1 is 1.46 bits per heavy atom. The molecule has 1 unspecified atom stereocenters. The molecule has 7 nitrogen and oxygen atoms in total. The zero-order valence-corrected chi connectivity index (χ0v) is 14.1. The van der Waals surface area contributed by atoms with Crippen LogP contribution in [0.5, 0.6) is 0 Å². The van der Waals surface area contributed by atoms with Crippen LogP contribution in [0.1, 0.15) is 20.3 Å². The molecule has 0 radical (unpaired) electrons. The molecule has 1 atom stereocenters. The monoisotopic (exact) mass is 350 g/mol. The van der Waals surface area contributed by atoms with Gasteiger partial charge in [0.05, 0.1) is 10.7 Å². The van der Waals surface area contributed by atoms with Gasteiger partial charge in [0.25, 0.3) is 5.91 Å². The second-order valence-corrected chi connectivity index (χ2v) is 5.95. The van der Waals surface area contributed by atoms with E-state index in [0.29, 0.717) is 17.8 Å². The van der Waals surface area contributed by atoms with E-state index in [9.17, 15) is 9.59 Å². The molecule has 1 amide bonds. The fourth-order valence-corrected chi connectivity index (χ4v) is 2.03. The Morgan fingerprint density at radius 3 is 2.62 bits per heavy atom. The van der Waals surface area contributed by atoms with E-state index in [1.807, 2.05) is 13.8 Å². The van der Waals surface area contributed by atoms with Crippen molar-refractivity contribution >= 4 is 34.9 Å². The molecule has 128 valence electrons. The maximum atomic E-state index is 12.1. The summed E-state index contributed by atoms with van der Waals surface area (Å²) in [6, 6.07) is 5.37. The minimum atomic E-state index is -1.05. The molecule has 0 heterocycles. The van der Waals surface area contributed by atoms with Crippen molar-refractivity contribution in [3.8, 4) is 6.07 Å². The number of carboxylic acid groups (broad SMARTS) is 1. The van der Waals surface area contributed by atoms with E-state index in [1.165, 1.54) is 12.1 Å². The van der Waals surface area contributed by atoms with Crippen LogP contribution in [0.2, 0.25) is 5.02 Å². The predicted molar refractivity (Wildman–Crippen MR) is 92.2 cm³/mol. The number of amides is 1. The number of carbonyl (C=O) groups is 2. The summed E-state index contributed by atoms with van der Waals surface area (Å²) >= 11 is 5.86. The van der Waals surface area contributed by atoms with Crippen molar-refractivity contribution in [2.24, 2.45) is 5.92 Å². The number of nitriles is 1. The average molecular weight is 351 g/mol. The van der Waals surface area contributed by atoms with Gasteiger partial charge in [-0.25, -0.2) is 4.79 Å². The zero-order chi connectivity index (χ0) is 18.3. The number of hydrogen-bond acceptors (Lipinski definition) is 5. The summed E-state index contributed by atoms with van der Waals surface area (Å²) in [6.07, 6.45) is 1.47. The van der Waals surface area contributed by atoms with E-state index in [2.05, 4.69) is 10.6 Å². The van der Waals surface area contributed by atoms with Crippen molar-refractivity contribution in [1.29, 1.82) is 5.26 Å². The van der Waals surface area contributed by atoms with Gasteiger partial charge in [0.1, 0.15) is 17.7 Å². The van der Waals surface area contributed by atoms with Crippen LogP contribution in [0, 0.1) is 17.2 Å². The van der Waals surface area contributed by atoms with Gasteiger partial charge in [0.15, 0.2) is 0 Å². The SMILES string of the molecule is CC(C)CC(N/C=C(/C#N)C(=O)Nc1ccc(N)c(Cl)c1)C(=O)O. The van der Waals surface area contributed by atoms with Crippen molar-refractivity contribution in [2.75, 3.05) is 11.1 Å². The number of rotatable bonds is 7. The van der Waals surface area contributed by atoms with Crippen LogP contribution in [0.25, 0.3) is 0 Å². The lowest BCUT2D eigenvalue weighted by Crippen LogP contribution is -2.35. The van der Waals surface area contributed by atoms with Crippen molar-refractivity contribution in [1.82, 2.24) is 5.32 Å². The summed E-state index contributed by atoms with van der Waals surface area (Å²) in [5.74, 6) is -1.59. The summed E-state index contributed by atoms with van der Waals surface area (Å²) < 4.78 is 0. The minimum Gasteiger partial charge on any atom is -0.480 e. The molecular weight excluding hydrogens is 332 g/mol. The van der Waals surface area contributed by atoms with Crippen LogP contribution in [0.15, 0.2) is 30.0 Å². The molecule has 0 aromatic heterocycles. The second kappa shape index (κ2) is 8.79. The third-order valence-electron chi connectivity index (χ3n) is 3.06. The standard InChI is InChI=1S/C16H19ClN4O3/c1-9(2)5-14(16(23)24)20-8-10(7-18)15(22)21-11-3-4-13(19)12(17)6-11/h3-4,6,8-9,14,20H,5,19H2,1-2H3,(H,21,22)(H,23,24)/b10-8-. The highest BCUT2D eigenvalue weighted by Crippen LogP contribution is 2.22. The number of carbonyl (C=O) groups excluding carboxylic acids is 1. The normalized spacial score (nSPS) is 12.4.